The lowest BCUT2D eigenvalue weighted by Crippen LogP contribution is -2.60. The number of fused-ring (bicyclic) bond motifs is 1. The summed E-state index contributed by atoms with van der Waals surface area (Å²) in [7, 11) is 0. The number of hydrogen-bond acceptors (Lipinski definition) is 5. The Bertz CT molecular complexity index is 1020. The number of rotatable bonds is 9. The van der Waals surface area contributed by atoms with Gasteiger partial charge in [0, 0.05) is 22.5 Å². The number of aliphatic hydroxyl groups is 1. The fraction of sp³-hybridized carbons (Fsp3) is 0.577. The molecule has 1 aromatic carbocycles. The third-order valence-electron chi connectivity index (χ3n) is 8.26. The lowest BCUT2D eigenvalue weighted by Gasteiger charge is -2.43. The van der Waals surface area contributed by atoms with Gasteiger partial charge in [-0.3, -0.25) is 14.4 Å². The van der Waals surface area contributed by atoms with Crippen molar-refractivity contribution in [1.82, 2.24) is 4.90 Å². The van der Waals surface area contributed by atoms with Crippen LogP contribution in [0.1, 0.15) is 33.6 Å². The van der Waals surface area contributed by atoms with Crippen molar-refractivity contribution in [2.75, 3.05) is 18.1 Å². The molecule has 3 fully saturated rings. The van der Waals surface area contributed by atoms with Crippen molar-refractivity contribution >= 4 is 46.8 Å². The second-order valence-electron chi connectivity index (χ2n) is 9.99. The Morgan fingerprint density at radius 2 is 2.03 bits per heavy atom. The first-order valence-electron chi connectivity index (χ1n) is 12.1. The number of likely N-dealkylation sites (tertiary alicyclic amines) is 1. The minimum Gasteiger partial charge on any atom is -0.481 e. The van der Waals surface area contributed by atoms with Gasteiger partial charge in [-0.25, -0.2) is 0 Å². The largest absolute Gasteiger partial charge is 0.481 e. The minimum absolute atomic E-state index is 0.0342. The number of carbonyl (C=O) groups excluding carboxylic acids is 2. The van der Waals surface area contributed by atoms with Crippen LogP contribution in [0.4, 0.5) is 5.69 Å². The quantitative estimate of drug-likeness (QED) is 0.482. The molecule has 3 aliphatic heterocycles. The third-order valence-corrected chi connectivity index (χ3v) is 10.6. The van der Waals surface area contributed by atoms with E-state index < -0.39 is 34.6 Å². The van der Waals surface area contributed by atoms with Gasteiger partial charge in [-0.2, -0.15) is 0 Å². The molecule has 0 saturated carbocycles. The van der Waals surface area contributed by atoms with Crippen molar-refractivity contribution in [3.8, 4) is 0 Å². The summed E-state index contributed by atoms with van der Waals surface area (Å²) < 4.78 is -0.866. The lowest BCUT2D eigenvalue weighted by atomic mass is 9.66. The molecule has 2 bridgehead atoms. The molecule has 0 radical (unpaired) electrons. The minimum atomic E-state index is -0.993. The number of halogens is 1. The van der Waals surface area contributed by atoms with E-state index in [1.807, 2.05) is 20.8 Å². The molecule has 9 heteroatoms. The monoisotopic (exact) mass is 520 g/mol. The Morgan fingerprint density at radius 3 is 2.57 bits per heavy atom. The summed E-state index contributed by atoms with van der Waals surface area (Å²) in [4.78, 5) is 44.0. The van der Waals surface area contributed by atoms with Gasteiger partial charge in [0.05, 0.1) is 29.2 Å². The van der Waals surface area contributed by atoms with Gasteiger partial charge in [0.15, 0.2) is 0 Å². The van der Waals surface area contributed by atoms with E-state index in [0.717, 1.165) is 0 Å². The first-order valence-corrected chi connectivity index (χ1v) is 13.4. The standard InChI is InChI=1S/C26H33ClN2O5S/c1-5-11-28(17-9-7-16(27)8-10-17)24(32)22-26-15(4)12-19(35-26)20(25(33)34)21(26)23(31)29(22)18(13-30)14(3)6-2/h5,7-10,14-15,18-22,30H,1,6,11-13H2,2-4H3,(H,33,34)/t14-,15?,18-,19+,20-,21-,22?,26?/m0/s1. The summed E-state index contributed by atoms with van der Waals surface area (Å²) in [5.41, 5.74) is 0.621. The number of thioether (sulfide) groups is 1. The lowest BCUT2D eigenvalue weighted by molar-refractivity contribution is -0.150. The molecule has 190 valence electrons. The second kappa shape index (κ2) is 9.79. The molecular formula is C26H33ClN2O5S. The van der Waals surface area contributed by atoms with Crippen molar-refractivity contribution in [3.63, 3.8) is 0 Å². The van der Waals surface area contributed by atoms with Gasteiger partial charge in [0.1, 0.15) is 6.04 Å². The average molecular weight is 521 g/mol. The molecule has 0 aliphatic carbocycles. The van der Waals surface area contributed by atoms with Gasteiger partial charge in [0.2, 0.25) is 5.91 Å². The van der Waals surface area contributed by atoms with Crippen molar-refractivity contribution in [2.24, 2.45) is 23.7 Å². The van der Waals surface area contributed by atoms with Crippen LogP contribution in [-0.4, -0.2) is 68.1 Å². The fourth-order valence-electron chi connectivity index (χ4n) is 6.41. The number of aliphatic hydroxyl groups excluding tert-OH is 1. The normalized spacial score (nSPS) is 32.9. The van der Waals surface area contributed by atoms with Crippen molar-refractivity contribution < 1.29 is 24.6 Å². The van der Waals surface area contributed by atoms with E-state index in [1.165, 1.54) is 11.8 Å². The molecule has 35 heavy (non-hydrogen) atoms. The molecule has 4 rings (SSSR count). The van der Waals surface area contributed by atoms with Gasteiger partial charge in [-0.15, -0.1) is 18.3 Å². The molecule has 7 nitrogen and oxygen atoms in total. The van der Waals surface area contributed by atoms with Gasteiger partial charge >= 0.3 is 5.97 Å². The van der Waals surface area contributed by atoms with E-state index in [9.17, 15) is 24.6 Å². The van der Waals surface area contributed by atoms with Crippen LogP contribution in [0.25, 0.3) is 0 Å². The van der Waals surface area contributed by atoms with E-state index in [-0.39, 0.29) is 42.1 Å². The van der Waals surface area contributed by atoms with Crippen molar-refractivity contribution in [1.29, 1.82) is 0 Å². The second-order valence-corrected chi connectivity index (χ2v) is 12.0. The summed E-state index contributed by atoms with van der Waals surface area (Å²) in [6.07, 6.45) is 2.97. The molecule has 2 amide bonds. The van der Waals surface area contributed by atoms with Gasteiger partial charge in [-0.05, 0) is 42.5 Å². The highest BCUT2D eigenvalue weighted by Crippen LogP contribution is 2.69. The number of carboxylic acids is 1. The maximum atomic E-state index is 14.5. The number of nitrogens with zero attached hydrogens (tertiary/aromatic N) is 2. The smallest absolute Gasteiger partial charge is 0.308 e. The summed E-state index contributed by atoms with van der Waals surface area (Å²) in [6.45, 7) is 9.69. The Balaban J connectivity index is 1.88. The SMILES string of the molecule is C=CCN(C(=O)C1N([C@@H](CO)[C@@H](C)CC)C(=O)[C@@H]2[C@@H](C(=O)O)[C@H]3CC(C)C12S3)c1ccc(Cl)cc1. The van der Waals surface area contributed by atoms with Gasteiger partial charge < -0.3 is 20.0 Å². The van der Waals surface area contributed by atoms with Crippen LogP contribution in [0, 0.1) is 23.7 Å². The number of amides is 2. The number of anilines is 1. The predicted molar refractivity (Wildman–Crippen MR) is 137 cm³/mol. The molecule has 8 atom stereocenters. The Hall–Kier alpha value is -2.03. The zero-order valence-electron chi connectivity index (χ0n) is 20.3. The Morgan fingerprint density at radius 1 is 1.37 bits per heavy atom. The van der Waals surface area contributed by atoms with E-state index in [4.69, 9.17) is 11.6 Å². The number of benzene rings is 1. The van der Waals surface area contributed by atoms with Crippen molar-refractivity contribution in [3.05, 3.63) is 41.9 Å². The van der Waals surface area contributed by atoms with Crippen LogP contribution in [0.5, 0.6) is 0 Å². The first-order chi connectivity index (χ1) is 16.6. The van der Waals surface area contributed by atoms with E-state index in [1.54, 1.807) is 40.1 Å². The highest BCUT2D eigenvalue weighted by molar-refractivity contribution is 8.02. The summed E-state index contributed by atoms with van der Waals surface area (Å²) in [6, 6.07) is 5.43. The Kier molecular flexibility index (Phi) is 7.28. The van der Waals surface area contributed by atoms with Gasteiger partial charge in [0.25, 0.3) is 5.91 Å². The van der Waals surface area contributed by atoms with Crippen LogP contribution < -0.4 is 4.90 Å². The summed E-state index contributed by atoms with van der Waals surface area (Å²) in [5.74, 6) is -3.36. The maximum absolute atomic E-state index is 14.5. The van der Waals surface area contributed by atoms with Crippen LogP contribution in [0.15, 0.2) is 36.9 Å². The molecule has 3 aliphatic rings. The highest BCUT2D eigenvalue weighted by atomic mass is 35.5. The van der Waals surface area contributed by atoms with E-state index >= 15 is 0 Å². The number of carbonyl (C=O) groups is 3. The maximum Gasteiger partial charge on any atom is 0.308 e. The Labute approximate surface area is 215 Å². The van der Waals surface area contributed by atoms with Crippen molar-refractivity contribution in [2.45, 2.75) is 55.7 Å². The number of carboxylic acid groups (broad SMARTS) is 1. The van der Waals surface area contributed by atoms with E-state index in [2.05, 4.69) is 6.58 Å². The van der Waals surface area contributed by atoms with Gasteiger partial charge in [-0.1, -0.05) is 44.9 Å². The highest BCUT2D eigenvalue weighted by Gasteiger charge is 2.77. The molecule has 1 aromatic rings. The zero-order chi connectivity index (χ0) is 25.7. The van der Waals surface area contributed by atoms with Crippen LogP contribution >= 0.6 is 23.4 Å². The molecule has 3 unspecified atom stereocenters. The molecular weight excluding hydrogens is 488 g/mol. The summed E-state index contributed by atoms with van der Waals surface area (Å²) >= 11 is 7.58. The molecule has 3 heterocycles. The topological polar surface area (TPSA) is 98.2 Å². The predicted octanol–water partition coefficient (Wildman–Crippen LogP) is 3.69. The third kappa shape index (κ3) is 3.89. The van der Waals surface area contributed by atoms with Crippen LogP contribution in [-0.2, 0) is 14.4 Å². The fourth-order valence-corrected chi connectivity index (χ4v) is 8.93. The molecule has 0 aromatic heterocycles. The number of aliphatic carboxylic acids is 1. The number of hydrogen-bond donors (Lipinski definition) is 2. The summed E-state index contributed by atoms with van der Waals surface area (Å²) in [5, 5.41) is 20.8. The first kappa shape index (κ1) is 26.0. The van der Waals surface area contributed by atoms with E-state index in [0.29, 0.717) is 23.6 Å². The zero-order valence-corrected chi connectivity index (χ0v) is 21.8. The van der Waals surface area contributed by atoms with Crippen LogP contribution in [0.3, 0.4) is 0 Å². The molecule has 2 N–H and O–H groups in total. The molecule has 1 spiro atoms. The molecule has 3 saturated heterocycles. The van der Waals surface area contributed by atoms with Crippen LogP contribution in [0.2, 0.25) is 5.02 Å². The average Bonchev–Trinajstić information content (AvgIpc) is 3.42.